The molecule has 3 aromatic rings. The van der Waals surface area contributed by atoms with Gasteiger partial charge < -0.3 is 0 Å². The first-order valence-corrected chi connectivity index (χ1v) is 8.38. The second kappa shape index (κ2) is 5.80. The van der Waals surface area contributed by atoms with E-state index in [9.17, 15) is 0 Å². The summed E-state index contributed by atoms with van der Waals surface area (Å²) >= 11 is 0. The average molecular weight is 308 g/mol. The molecule has 2 heterocycles. The molecule has 0 saturated heterocycles. The summed E-state index contributed by atoms with van der Waals surface area (Å²) < 4.78 is 4.45. The van der Waals surface area contributed by atoms with E-state index in [-0.39, 0.29) is 0 Å². The van der Waals surface area contributed by atoms with Crippen molar-refractivity contribution in [3.8, 4) is 5.69 Å². The van der Waals surface area contributed by atoms with Crippen LogP contribution in [0.1, 0.15) is 56.5 Å². The first kappa shape index (κ1) is 15.7. The van der Waals surface area contributed by atoms with Crippen molar-refractivity contribution in [1.29, 1.82) is 0 Å². The van der Waals surface area contributed by atoms with Crippen molar-refractivity contribution in [2.24, 2.45) is 7.05 Å². The monoisotopic (exact) mass is 308 g/mol. The summed E-state index contributed by atoms with van der Waals surface area (Å²) in [6, 6.07) is 10.7. The first-order chi connectivity index (χ1) is 10.9. The molecule has 0 saturated carbocycles. The van der Waals surface area contributed by atoms with Gasteiger partial charge in [0, 0.05) is 17.2 Å². The standard InChI is InChI=1S/C20H26N3/c1-13(2)17-11-15(5)20(19(21-17)14(3)4)23-12-16-9-7-8-10-18(16)22(23)6/h7-14H,1-6H3/q+1. The molecule has 0 amide bonds. The summed E-state index contributed by atoms with van der Waals surface area (Å²) in [5.41, 5.74) is 6.07. The van der Waals surface area contributed by atoms with E-state index in [4.69, 9.17) is 4.98 Å². The van der Waals surface area contributed by atoms with E-state index in [1.165, 1.54) is 33.5 Å². The molecule has 0 N–H and O–H groups in total. The average Bonchev–Trinajstić information content (AvgIpc) is 2.83. The highest BCUT2D eigenvalue weighted by molar-refractivity contribution is 5.77. The Bertz CT molecular complexity index is 857. The summed E-state index contributed by atoms with van der Waals surface area (Å²) in [6.07, 6.45) is 2.21. The van der Waals surface area contributed by atoms with E-state index >= 15 is 0 Å². The summed E-state index contributed by atoms with van der Waals surface area (Å²) in [5.74, 6) is 0.825. The molecule has 3 rings (SSSR count). The summed E-state index contributed by atoms with van der Waals surface area (Å²) in [4.78, 5) is 4.99. The second-order valence-corrected chi connectivity index (χ2v) is 6.96. The van der Waals surface area contributed by atoms with Gasteiger partial charge in [0.1, 0.15) is 11.2 Å². The van der Waals surface area contributed by atoms with E-state index in [2.05, 4.69) is 87.6 Å². The Morgan fingerprint density at radius 1 is 1.04 bits per heavy atom. The lowest BCUT2D eigenvalue weighted by Gasteiger charge is -2.14. The number of fused-ring (bicyclic) bond motifs is 1. The molecule has 2 aromatic heterocycles. The van der Waals surface area contributed by atoms with Crippen molar-refractivity contribution in [2.45, 2.75) is 46.5 Å². The van der Waals surface area contributed by atoms with Crippen LogP contribution in [0.15, 0.2) is 36.5 Å². The van der Waals surface area contributed by atoms with Crippen LogP contribution < -0.4 is 4.68 Å². The summed E-state index contributed by atoms with van der Waals surface area (Å²) in [7, 11) is 2.11. The molecule has 0 aliphatic rings. The summed E-state index contributed by atoms with van der Waals surface area (Å²) in [5, 5.41) is 1.25. The zero-order chi connectivity index (χ0) is 16.7. The molecule has 0 aliphatic carbocycles. The molecule has 0 radical (unpaired) electrons. The van der Waals surface area contributed by atoms with Crippen LogP contribution in [0.5, 0.6) is 0 Å². The van der Waals surface area contributed by atoms with Crippen LogP contribution in [0.2, 0.25) is 0 Å². The molecule has 0 aliphatic heterocycles. The third-order valence-corrected chi connectivity index (χ3v) is 4.47. The lowest BCUT2D eigenvalue weighted by molar-refractivity contribution is -0.680. The number of aryl methyl sites for hydroxylation is 2. The topological polar surface area (TPSA) is 21.7 Å². The zero-order valence-electron chi connectivity index (χ0n) is 15.0. The van der Waals surface area contributed by atoms with E-state index in [0.29, 0.717) is 11.8 Å². The van der Waals surface area contributed by atoms with Crippen LogP contribution in [0.25, 0.3) is 16.6 Å². The van der Waals surface area contributed by atoms with Crippen LogP contribution >= 0.6 is 0 Å². The third kappa shape index (κ3) is 2.65. The number of hydrogen-bond donors (Lipinski definition) is 0. The number of nitrogens with zero attached hydrogens (tertiary/aromatic N) is 3. The highest BCUT2D eigenvalue weighted by Crippen LogP contribution is 2.25. The minimum absolute atomic E-state index is 0.382. The lowest BCUT2D eigenvalue weighted by Crippen LogP contribution is -2.41. The van der Waals surface area contributed by atoms with Gasteiger partial charge in [-0.25, -0.2) is 0 Å². The number of aromatic nitrogens is 3. The van der Waals surface area contributed by atoms with Crippen LogP contribution in [0.3, 0.4) is 0 Å². The highest BCUT2D eigenvalue weighted by atomic mass is 15.4. The highest BCUT2D eigenvalue weighted by Gasteiger charge is 2.26. The third-order valence-electron chi connectivity index (χ3n) is 4.47. The molecule has 0 unspecified atom stereocenters. The Hall–Kier alpha value is -2.16. The minimum Gasteiger partial charge on any atom is -0.250 e. The molecular formula is C20H26N3+. The van der Waals surface area contributed by atoms with Crippen molar-refractivity contribution in [3.05, 3.63) is 53.5 Å². The fourth-order valence-corrected chi connectivity index (χ4v) is 3.15. The largest absolute Gasteiger partial charge is 0.260 e. The number of benzene rings is 1. The van der Waals surface area contributed by atoms with Gasteiger partial charge in [-0.1, -0.05) is 44.5 Å². The Morgan fingerprint density at radius 3 is 2.35 bits per heavy atom. The Labute approximate surface area is 138 Å². The van der Waals surface area contributed by atoms with Crippen molar-refractivity contribution in [3.63, 3.8) is 0 Å². The molecule has 120 valence electrons. The first-order valence-electron chi connectivity index (χ1n) is 8.38. The smallest absolute Gasteiger partial charge is 0.250 e. The van der Waals surface area contributed by atoms with Gasteiger partial charge in [0.15, 0.2) is 0 Å². The number of para-hydroxylation sites is 1. The van der Waals surface area contributed by atoms with Crippen molar-refractivity contribution >= 4 is 10.9 Å². The van der Waals surface area contributed by atoms with Gasteiger partial charge in [-0.3, -0.25) is 4.98 Å². The quantitative estimate of drug-likeness (QED) is 0.657. The van der Waals surface area contributed by atoms with E-state index in [1.807, 2.05) is 0 Å². The van der Waals surface area contributed by atoms with Gasteiger partial charge in [-0.15, -0.1) is 0 Å². The molecule has 0 atom stereocenters. The number of rotatable bonds is 3. The van der Waals surface area contributed by atoms with Crippen LogP contribution in [-0.2, 0) is 7.05 Å². The Kier molecular flexibility index (Phi) is 3.97. The second-order valence-electron chi connectivity index (χ2n) is 6.96. The fraction of sp³-hybridized carbons (Fsp3) is 0.400. The Balaban J connectivity index is 2.31. The van der Waals surface area contributed by atoms with Crippen LogP contribution in [-0.4, -0.2) is 9.67 Å². The fourth-order valence-electron chi connectivity index (χ4n) is 3.15. The maximum Gasteiger partial charge on any atom is 0.260 e. The van der Waals surface area contributed by atoms with Gasteiger partial charge in [-0.05, 0) is 31.0 Å². The zero-order valence-corrected chi connectivity index (χ0v) is 15.0. The van der Waals surface area contributed by atoms with Crippen molar-refractivity contribution in [1.82, 2.24) is 9.67 Å². The maximum absolute atomic E-state index is 4.99. The van der Waals surface area contributed by atoms with Crippen LogP contribution in [0.4, 0.5) is 0 Å². The lowest BCUT2D eigenvalue weighted by atomic mass is 10.0. The van der Waals surface area contributed by atoms with Gasteiger partial charge in [0.2, 0.25) is 6.20 Å². The number of hydrogen-bond acceptors (Lipinski definition) is 1. The molecule has 3 heteroatoms. The van der Waals surface area contributed by atoms with Crippen LogP contribution in [0, 0.1) is 6.92 Å². The van der Waals surface area contributed by atoms with Gasteiger partial charge in [0.25, 0.3) is 5.69 Å². The molecule has 0 fully saturated rings. The predicted molar refractivity (Wildman–Crippen MR) is 95.2 cm³/mol. The molecular weight excluding hydrogens is 282 g/mol. The van der Waals surface area contributed by atoms with Gasteiger partial charge >= 0.3 is 0 Å². The molecule has 23 heavy (non-hydrogen) atoms. The maximum atomic E-state index is 4.99. The van der Waals surface area contributed by atoms with E-state index in [1.54, 1.807) is 0 Å². The number of pyridine rings is 1. The normalized spacial score (nSPS) is 11.8. The molecule has 0 bridgehead atoms. The molecule has 3 nitrogen and oxygen atoms in total. The van der Waals surface area contributed by atoms with Gasteiger partial charge in [0.05, 0.1) is 12.4 Å². The summed E-state index contributed by atoms with van der Waals surface area (Å²) in [6.45, 7) is 11.0. The molecule has 0 spiro atoms. The molecule has 1 aromatic carbocycles. The van der Waals surface area contributed by atoms with Crippen molar-refractivity contribution in [2.75, 3.05) is 0 Å². The Morgan fingerprint density at radius 2 is 1.74 bits per heavy atom. The van der Waals surface area contributed by atoms with E-state index in [0.717, 1.165) is 0 Å². The van der Waals surface area contributed by atoms with Gasteiger partial charge in [-0.2, -0.15) is 4.68 Å². The minimum atomic E-state index is 0.382. The van der Waals surface area contributed by atoms with Crippen molar-refractivity contribution < 1.29 is 4.68 Å². The SMILES string of the molecule is Cc1cc(C(C)C)nc(C(C)C)c1-[n+]1cc2ccccc2n1C. The predicted octanol–water partition coefficient (Wildman–Crippen LogP) is 4.41. The van der Waals surface area contributed by atoms with E-state index < -0.39 is 0 Å².